The van der Waals surface area contributed by atoms with E-state index in [1.165, 1.54) is 12.8 Å². The maximum atomic E-state index is 4.24. The van der Waals surface area contributed by atoms with Crippen molar-refractivity contribution in [3.63, 3.8) is 0 Å². The minimum Gasteiger partial charge on any atom is -0.316 e. The molecule has 1 saturated carbocycles. The molecule has 1 heterocycles. The number of aromatic nitrogens is 2. The standard InChI is InChI=1S/C10H15N3S/c1-11-9(8-2-3-8)7-14-10-6-12-4-5-13-10/h4-6,8-9,11H,2-3,7H2,1H3. The fourth-order valence-corrected chi connectivity index (χ4v) is 2.55. The molecule has 0 bridgehead atoms. The van der Waals surface area contributed by atoms with Crippen molar-refractivity contribution in [2.45, 2.75) is 23.9 Å². The van der Waals surface area contributed by atoms with Crippen LogP contribution in [0.15, 0.2) is 23.6 Å². The summed E-state index contributed by atoms with van der Waals surface area (Å²) in [5.41, 5.74) is 0. The van der Waals surface area contributed by atoms with Crippen LogP contribution in [0.2, 0.25) is 0 Å². The molecule has 1 atom stereocenters. The fourth-order valence-electron chi connectivity index (χ4n) is 1.49. The van der Waals surface area contributed by atoms with Gasteiger partial charge in [0.05, 0.1) is 6.20 Å². The Morgan fingerprint density at radius 2 is 2.43 bits per heavy atom. The molecular formula is C10H15N3S. The van der Waals surface area contributed by atoms with Gasteiger partial charge in [0.2, 0.25) is 0 Å². The Kier molecular flexibility index (Phi) is 3.37. The molecule has 76 valence electrons. The van der Waals surface area contributed by atoms with Gasteiger partial charge in [0.25, 0.3) is 0 Å². The van der Waals surface area contributed by atoms with Gasteiger partial charge in [-0.05, 0) is 25.8 Å². The van der Waals surface area contributed by atoms with Gasteiger partial charge in [-0.1, -0.05) is 0 Å². The molecule has 4 heteroatoms. The Labute approximate surface area is 88.7 Å². The first kappa shape index (κ1) is 9.93. The number of rotatable bonds is 5. The zero-order chi connectivity index (χ0) is 9.80. The van der Waals surface area contributed by atoms with Crippen LogP contribution in [-0.4, -0.2) is 28.8 Å². The lowest BCUT2D eigenvalue weighted by Gasteiger charge is -2.13. The molecular weight excluding hydrogens is 194 g/mol. The summed E-state index contributed by atoms with van der Waals surface area (Å²) in [6, 6.07) is 0.641. The van der Waals surface area contributed by atoms with Crippen molar-refractivity contribution >= 4 is 11.8 Å². The van der Waals surface area contributed by atoms with Gasteiger partial charge in [0.15, 0.2) is 0 Å². The summed E-state index contributed by atoms with van der Waals surface area (Å²) in [7, 11) is 2.04. The predicted molar refractivity (Wildman–Crippen MR) is 58.3 cm³/mol. The summed E-state index contributed by atoms with van der Waals surface area (Å²) in [5.74, 6) is 1.99. The largest absolute Gasteiger partial charge is 0.316 e. The summed E-state index contributed by atoms with van der Waals surface area (Å²) in [4.78, 5) is 8.28. The first-order valence-corrected chi connectivity index (χ1v) is 5.95. The molecule has 2 rings (SSSR count). The summed E-state index contributed by atoms with van der Waals surface area (Å²) in [5, 5.41) is 4.39. The highest BCUT2D eigenvalue weighted by atomic mass is 32.2. The number of hydrogen-bond acceptors (Lipinski definition) is 4. The fraction of sp³-hybridized carbons (Fsp3) is 0.600. The number of nitrogens with one attached hydrogen (secondary N) is 1. The van der Waals surface area contributed by atoms with Gasteiger partial charge in [-0.2, -0.15) is 0 Å². The first-order chi connectivity index (χ1) is 6.90. The molecule has 3 nitrogen and oxygen atoms in total. The van der Waals surface area contributed by atoms with Gasteiger partial charge in [-0.3, -0.25) is 4.98 Å². The van der Waals surface area contributed by atoms with E-state index in [4.69, 9.17) is 0 Å². The molecule has 14 heavy (non-hydrogen) atoms. The van der Waals surface area contributed by atoms with E-state index in [9.17, 15) is 0 Å². The van der Waals surface area contributed by atoms with Crippen LogP contribution in [0.5, 0.6) is 0 Å². The highest BCUT2D eigenvalue weighted by molar-refractivity contribution is 7.99. The van der Waals surface area contributed by atoms with Crippen LogP contribution in [0, 0.1) is 5.92 Å². The summed E-state index contributed by atoms with van der Waals surface area (Å²) in [6.07, 6.45) is 8.04. The van der Waals surface area contributed by atoms with Gasteiger partial charge in [-0.25, -0.2) is 4.98 Å². The Morgan fingerprint density at radius 1 is 1.57 bits per heavy atom. The topological polar surface area (TPSA) is 37.8 Å². The average molecular weight is 209 g/mol. The minimum absolute atomic E-state index is 0.641. The van der Waals surface area contributed by atoms with Crippen LogP contribution in [0.4, 0.5) is 0 Å². The molecule has 0 aliphatic heterocycles. The van der Waals surface area contributed by atoms with E-state index in [0.717, 1.165) is 16.7 Å². The Hall–Kier alpha value is -0.610. The predicted octanol–water partition coefficient (Wildman–Crippen LogP) is 1.57. The summed E-state index contributed by atoms with van der Waals surface area (Å²) >= 11 is 1.79. The van der Waals surface area contributed by atoms with Crippen LogP contribution in [0.3, 0.4) is 0 Å². The smallest absolute Gasteiger partial charge is 0.114 e. The van der Waals surface area contributed by atoms with E-state index in [1.54, 1.807) is 24.2 Å². The quantitative estimate of drug-likeness (QED) is 0.747. The van der Waals surface area contributed by atoms with Crippen molar-refractivity contribution < 1.29 is 0 Å². The maximum Gasteiger partial charge on any atom is 0.114 e. The number of nitrogens with zero attached hydrogens (tertiary/aromatic N) is 2. The Morgan fingerprint density at radius 3 is 3.00 bits per heavy atom. The molecule has 1 unspecified atom stereocenters. The van der Waals surface area contributed by atoms with E-state index in [-0.39, 0.29) is 0 Å². The molecule has 1 aliphatic carbocycles. The zero-order valence-corrected chi connectivity index (χ0v) is 9.13. The molecule has 1 aromatic rings. The molecule has 1 fully saturated rings. The monoisotopic (exact) mass is 209 g/mol. The summed E-state index contributed by atoms with van der Waals surface area (Å²) < 4.78 is 0. The molecule has 0 amide bonds. The number of thioether (sulfide) groups is 1. The van der Waals surface area contributed by atoms with Gasteiger partial charge >= 0.3 is 0 Å². The number of hydrogen-bond donors (Lipinski definition) is 1. The van der Waals surface area contributed by atoms with Crippen LogP contribution in [0.25, 0.3) is 0 Å². The molecule has 0 saturated heterocycles. The lowest BCUT2D eigenvalue weighted by Crippen LogP contribution is -2.29. The lowest BCUT2D eigenvalue weighted by atomic mass is 10.2. The highest BCUT2D eigenvalue weighted by Crippen LogP contribution is 2.34. The maximum absolute atomic E-state index is 4.24. The molecule has 1 aliphatic rings. The lowest BCUT2D eigenvalue weighted by molar-refractivity contribution is 0.553. The first-order valence-electron chi connectivity index (χ1n) is 4.96. The van der Waals surface area contributed by atoms with Crippen molar-refractivity contribution in [2.24, 2.45) is 5.92 Å². The van der Waals surface area contributed by atoms with Crippen LogP contribution in [0.1, 0.15) is 12.8 Å². The third kappa shape index (κ3) is 2.69. The van der Waals surface area contributed by atoms with E-state index in [0.29, 0.717) is 6.04 Å². The van der Waals surface area contributed by atoms with Crippen LogP contribution in [-0.2, 0) is 0 Å². The van der Waals surface area contributed by atoms with E-state index in [2.05, 4.69) is 15.3 Å². The van der Waals surface area contributed by atoms with Crippen molar-refractivity contribution in [3.8, 4) is 0 Å². The van der Waals surface area contributed by atoms with E-state index < -0.39 is 0 Å². The Balaban J connectivity index is 1.81. The molecule has 1 N–H and O–H groups in total. The Bertz CT molecular complexity index is 274. The molecule has 1 aromatic heterocycles. The second-order valence-electron chi connectivity index (χ2n) is 3.59. The SMILES string of the molecule is CNC(CSc1cnccn1)C1CC1. The van der Waals surface area contributed by atoms with Crippen LogP contribution < -0.4 is 5.32 Å². The summed E-state index contributed by atoms with van der Waals surface area (Å²) in [6.45, 7) is 0. The van der Waals surface area contributed by atoms with Crippen molar-refractivity contribution in [1.82, 2.24) is 15.3 Å². The van der Waals surface area contributed by atoms with Gasteiger partial charge in [-0.15, -0.1) is 11.8 Å². The van der Waals surface area contributed by atoms with Crippen molar-refractivity contribution in [1.29, 1.82) is 0 Å². The second-order valence-corrected chi connectivity index (χ2v) is 4.63. The van der Waals surface area contributed by atoms with Crippen LogP contribution >= 0.6 is 11.8 Å². The average Bonchev–Trinajstić information content (AvgIpc) is 3.05. The molecule has 0 spiro atoms. The second kappa shape index (κ2) is 4.75. The third-order valence-electron chi connectivity index (χ3n) is 2.51. The highest BCUT2D eigenvalue weighted by Gasteiger charge is 2.29. The van der Waals surface area contributed by atoms with Gasteiger partial charge in [0.1, 0.15) is 5.03 Å². The molecule has 0 aromatic carbocycles. The third-order valence-corrected chi connectivity index (χ3v) is 3.54. The van der Waals surface area contributed by atoms with Crippen molar-refractivity contribution in [3.05, 3.63) is 18.6 Å². The molecule has 0 radical (unpaired) electrons. The minimum atomic E-state index is 0.641. The van der Waals surface area contributed by atoms with Crippen molar-refractivity contribution in [2.75, 3.05) is 12.8 Å². The normalized spacial score (nSPS) is 18.1. The van der Waals surface area contributed by atoms with E-state index in [1.807, 2.05) is 13.2 Å². The van der Waals surface area contributed by atoms with Gasteiger partial charge in [0, 0.05) is 24.2 Å². The zero-order valence-electron chi connectivity index (χ0n) is 8.31. The van der Waals surface area contributed by atoms with Gasteiger partial charge < -0.3 is 5.32 Å². The van der Waals surface area contributed by atoms with E-state index >= 15 is 0 Å².